The number of benzene rings is 2. The van der Waals surface area contributed by atoms with E-state index in [2.05, 4.69) is 16.0 Å². The zero-order valence-electron chi connectivity index (χ0n) is 16.5. The lowest BCUT2D eigenvalue weighted by molar-refractivity contribution is 0.0942. The molecule has 5 N–H and O–H groups in total. The van der Waals surface area contributed by atoms with Gasteiger partial charge < -0.3 is 21.7 Å². The summed E-state index contributed by atoms with van der Waals surface area (Å²) >= 11 is 0. The van der Waals surface area contributed by atoms with Crippen LogP contribution < -0.4 is 21.7 Å². The zero-order valence-corrected chi connectivity index (χ0v) is 17.4. The molecule has 7 heteroatoms. The minimum atomic E-state index is -0.406. The van der Waals surface area contributed by atoms with E-state index in [1.54, 1.807) is 24.3 Å². The lowest BCUT2D eigenvalue weighted by Gasteiger charge is -2.26. The number of halogens is 1. The number of para-hydroxylation sites is 1. The van der Waals surface area contributed by atoms with Crippen molar-refractivity contribution in [2.24, 2.45) is 5.73 Å². The van der Waals surface area contributed by atoms with Crippen LogP contribution in [0.4, 0.5) is 16.2 Å². The summed E-state index contributed by atoms with van der Waals surface area (Å²) in [5.41, 5.74) is 8.45. The number of urea groups is 1. The number of anilines is 2. The van der Waals surface area contributed by atoms with Gasteiger partial charge in [-0.15, -0.1) is 12.4 Å². The van der Waals surface area contributed by atoms with Crippen LogP contribution in [0.25, 0.3) is 0 Å². The normalized spacial score (nSPS) is 10.6. The Morgan fingerprint density at radius 3 is 2.25 bits per heavy atom. The van der Waals surface area contributed by atoms with Crippen molar-refractivity contribution in [1.82, 2.24) is 5.32 Å². The first-order chi connectivity index (χ1) is 12.9. The summed E-state index contributed by atoms with van der Waals surface area (Å²) < 4.78 is 0. The first-order valence-electron chi connectivity index (χ1n) is 9.17. The Balaban J connectivity index is 0.00000392. The van der Waals surface area contributed by atoms with Gasteiger partial charge in [0.25, 0.3) is 5.91 Å². The monoisotopic (exact) mass is 404 g/mol. The molecule has 0 bridgehead atoms. The van der Waals surface area contributed by atoms with E-state index in [1.165, 1.54) is 0 Å². The van der Waals surface area contributed by atoms with Crippen molar-refractivity contribution in [3.05, 3.63) is 59.7 Å². The fraction of sp³-hybridized carbons (Fsp3) is 0.333. The number of nitrogens with two attached hydrogens (primary N) is 1. The van der Waals surface area contributed by atoms with Crippen molar-refractivity contribution in [3.63, 3.8) is 0 Å². The second kappa shape index (κ2) is 10.7. The van der Waals surface area contributed by atoms with E-state index in [0.29, 0.717) is 23.5 Å². The number of hydrogen-bond donors (Lipinski definition) is 4. The summed E-state index contributed by atoms with van der Waals surface area (Å²) in [5, 5.41) is 8.44. The van der Waals surface area contributed by atoms with Gasteiger partial charge in [-0.3, -0.25) is 4.79 Å². The lowest BCUT2D eigenvalue weighted by Crippen LogP contribution is -2.49. The van der Waals surface area contributed by atoms with Crippen molar-refractivity contribution in [2.75, 3.05) is 17.2 Å². The second-order valence-electron chi connectivity index (χ2n) is 6.73. The first kappa shape index (κ1) is 23.5. The molecule has 2 aromatic carbocycles. The van der Waals surface area contributed by atoms with Crippen LogP contribution in [0.15, 0.2) is 48.5 Å². The highest BCUT2D eigenvalue weighted by atomic mass is 35.5. The van der Waals surface area contributed by atoms with Crippen LogP contribution in [-0.2, 0) is 0 Å². The standard InChI is InChI=1S/C21H28N4O2.ClH/c1-4-21(22,5-2)14-23-19(26)16-12-11-15(3)18(13-16)25-20(27)24-17-9-7-6-8-10-17;/h6-13H,4-5,14,22H2,1-3H3,(H,23,26)(H2,24,25,27);1H. The quantitative estimate of drug-likeness (QED) is 0.553. The summed E-state index contributed by atoms with van der Waals surface area (Å²) in [5.74, 6) is -0.210. The van der Waals surface area contributed by atoms with E-state index in [9.17, 15) is 9.59 Å². The Bertz CT molecular complexity index is 792. The number of carbonyl (C=O) groups is 2. The van der Waals surface area contributed by atoms with Gasteiger partial charge in [0.15, 0.2) is 0 Å². The first-order valence-corrected chi connectivity index (χ1v) is 9.17. The molecule has 6 nitrogen and oxygen atoms in total. The molecule has 0 saturated heterocycles. The third kappa shape index (κ3) is 6.55. The van der Waals surface area contributed by atoms with Crippen molar-refractivity contribution < 1.29 is 9.59 Å². The second-order valence-corrected chi connectivity index (χ2v) is 6.73. The van der Waals surface area contributed by atoms with E-state index in [4.69, 9.17) is 5.73 Å². The molecular formula is C21H29ClN4O2. The molecule has 0 aliphatic rings. The topological polar surface area (TPSA) is 96.2 Å². The molecule has 0 unspecified atom stereocenters. The molecule has 2 rings (SSSR count). The van der Waals surface area contributed by atoms with E-state index < -0.39 is 5.54 Å². The minimum Gasteiger partial charge on any atom is -0.350 e. The Morgan fingerprint density at radius 1 is 1.00 bits per heavy atom. The molecule has 0 atom stereocenters. The summed E-state index contributed by atoms with van der Waals surface area (Å²) in [7, 11) is 0. The van der Waals surface area contributed by atoms with E-state index in [0.717, 1.165) is 18.4 Å². The fourth-order valence-electron chi connectivity index (χ4n) is 2.56. The van der Waals surface area contributed by atoms with Crippen LogP contribution in [0.5, 0.6) is 0 Å². The third-order valence-corrected chi connectivity index (χ3v) is 4.79. The Morgan fingerprint density at radius 2 is 1.64 bits per heavy atom. The molecular weight excluding hydrogens is 376 g/mol. The van der Waals surface area contributed by atoms with Gasteiger partial charge in [-0.25, -0.2) is 4.79 Å². The predicted octanol–water partition coefficient (Wildman–Crippen LogP) is 4.31. The van der Waals surface area contributed by atoms with Crippen molar-refractivity contribution >= 4 is 35.7 Å². The van der Waals surface area contributed by atoms with Gasteiger partial charge in [-0.1, -0.05) is 38.1 Å². The van der Waals surface area contributed by atoms with Gasteiger partial charge in [0, 0.05) is 29.0 Å². The molecule has 0 fully saturated rings. The van der Waals surface area contributed by atoms with Crippen molar-refractivity contribution in [3.8, 4) is 0 Å². The molecule has 0 spiro atoms. The number of carbonyl (C=O) groups excluding carboxylic acids is 2. The summed E-state index contributed by atoms with van der Waals surface area (Å²) in [6.45, 7) is 6.30. The van der Waals surface area contributed by atoms with Gasteiger partial charge in [0.1, 0.15) is 0 Å². The highest BCUT2D eigenvalue weighted by Crippen LogP contribution is 2.18. The van der Waals surface area contributed by atoms with Crippen molar-refractivity contribution in [2.45, 2.75) is 39.2 Å². The third-order valence-electron chi connectivity index (χ3n) is 4.79. The van der Waals surface area contributed by atoms with E-state index in [1.807, 2.05) is 45.0 Å². The van der Waals surface area contributed by atoms with E-state index in [-0.39, 0.29) is 24.3 Å². The van der Waals surface area contributed by atoms with Gasteiger partial charge >= 0.3 is 6.03 Å². The molecule has 3 amide bonds. The molecule has 0 aliphatic heterocycles. The lowest BCUT2D eigenvalue weighted by atomic mass is 9.94. The summed E-state index contributed by atoms with van der Waals surface area (Å²) in [6, 6.07) is 14.0. The van der Waals surface area contributed by atoms with Crippen LogP contribution in [0.3, 0.4) is 0 Å². The summed E-state index contributed by atoms with van der Waals surface area (Å²) in [4.78, 5) is 24.7. The van der Waals surface area contributed by atoms with Gasteiger partial charge in [-0.05, 0) is 49.6 Å². The van der Waals surface area contributed by atoms with Gasteiger partial charge in [0.05, 0.1) is 0 Å². The molecule has 2 aromatic rings. The molecule has 0 aliphatic carbocycles. The molecule has 0 aromatic heterocycles. The number of aryl methyl sites for hydroxylation is 1. The molecule has 28 heavy (non-hydrogen) atoms. The average molecular weight is 405 g/mol. The predicted molar refractivity (Wildman–Crippen MR) is 117 cm³/mol. The number of nitrogens with one attached hydrogen (secondary N) is 3. The van der Waals surface area contributed by atoms with Crippen LogP contribution in [0.2, 0.25) is 0 Å². The number of hydrogen-bond acceptors (Lipinski definition) is 3. The van der Waals surface area contributed by atoms with Crippen molar-refractivity contribution in [1.29, 1.82) is 0 Å². The average Bonchev–Trinajstić information content (AvgIpc) is 2.68. The van der Waals surface area contributed by atoms with Crippen LogP contribution in [0, 0.1) is 6.92 Å². The maximum absolute atomic E-state index is 12.5. The van der Waals surface area contributed by atoms with Gasteiger partial charge in [0.2, 0.25) is 0 Å². The fourth-order valence-corrected chi connectivity index (χ4v) is 2.56. The van der Waals surface area contributed by atoms with E-state index >= 15 is 0 Å². The molecule has 0 saturated carbocycles. The Hall–Kier alpha value is -2.57. The highest BCUT2D eigenvalue weighted by Gasteiger charge is 2.21. The SMILES string of the molecule is CCC(N)(CC)CNC(=O)c1ccc(C)c(NC(=O)Nc2ccccc2)c1.Cl. The number of amides is 3. The maximum Gasteiger partial charge on any atom is 0.323 e. The van der Waals surface area contributed by atoms with Crippen LogP contribution in [0.1, 0.15) is 42.6 Å². The highest BCUT2D eigenvalue weighted by molar-refractivity contribution is 6.02. The van der Waals surface area contributed by atoms with Gasteiger partial charge in [-0.2, -0.15) is 0 Å². The molecule has 0 radical (unpaired) electrons. The van der Waals surface area contributed by atoms with Crippen LogP contribution >= 0.6 is 12.4 Å². The smallest absolute Gasteiger partial charge is 0.323 e. The Kier molecular flexibility index (Phi) is 8.96. The minimum absolute atomic E-state index is 0. The Labute approximate surface area is 172 Å². The number of rotatable bonds is 7. The summed E-state index contributed by atoms with van der Waals surface area (Å²) in [6.07, 6.45) is 1.56. The zero-order chi connectivity index (χ0) is 19.9. The molecule has 0 heterocycles. The molecule has 152 valence electrons. The van der Waals surface area contributed by atoms with Crippen LogP contribution in [-0.4, -0.2) is 24.0 Å². The largest absolute Gasteiger partial charge is 0.350 e. The maximum atomic E-state index is 12.5.